The molecule has 1 aliphatic rings. The zero-order valence-electron chi connectivity index (χ0n) is 11.9. The molecule has 2 N–H and O–H groups in total. The molecule has 1 unspecified atom stereocenters. The molecule has 0 bridgehead atoms. The lowest BCUT2D eigenvalue weighted by atomic mass is 10.2. The molecule has 6 heteroatoms. The number of carboxylic acid groups (broad SMARTS) is 1. The first-order chi connectivity index (χ1) is 10.1. The fourth-order valence-corrected chi connectivity index (χ4v) is 1.76. The number of carboxylic acids is 1. The van der Waals surface area contributed by atoms with Gasteiger partial charge in [0.1, 0.15) is 5.75 Å². The lowest BCUT2D eigenvalue weighted by molar-refractivity contribution is -0.148. The van der Waals surface area contributed by atoms with Crippen molar-refractivity contribution >= 4 is 11.9 Å². The number of ether oxygens (including phenoxy) is 2. The predicted molar refractivity (Wildman–Crippen MR) is 75.4 cm³/mol. The maximum atomic E-state index is 11.9. The molecule has 0 spiro atoms. The number of methoxy groups -OCH3 is 1. The zero-order chi connectivity index (χ0) is 15.2. The van der Waals surface area contributed by atoms with Gasteiger partial charge >= 0.3 is 5.97 Å². The van der Waals surface area contributed by atoms with Crippen LogP contribution in [0, 0.1) is 5.92 Å². The van der Waals surface area contributed by atoms with Crippen molar-refractivity contribution in [2.24, 2.45) is 5.92 Å². The second-order valence-electron chi connectivity index (χ2n) is 5.05. The third-order valence-corrected chi connectivity index (χ3v) is 3.31. The summed E-state index contributed by atoms with van der Waals surface area (Å²) in [6.45, 7) is 0.643. The Labute approximate surface area is 123 Å². The Morgan fingerprint density at radius 2 is 2.00 bits per heavy atom. The number of nitrogens with one attached hydrogen (secondary N) is 1. The fraction of sp³-hybridized carbons (Fsp3) is 0.467. The number of carbonyl (C=O) groups is 2. The molecule has 0 radical (unpaired) electrons. The van der Waals surface area contributed by atoms with Crippen LogP contribution >= 0.6 is 0 Å². The fourth-order valence-electron chi connectivity index (χ4n) is 1.76. The third-order valence-electron chi connectivity index (χ3n) is 3.31. The number of aliphatic carboxylic acids is 1. The maximum Gasteiger partial charge on any atom is 0.334 e. The van der Waals surface area contributed by atoms with Crippen molar-refractivity contribution in [1.82, 2.24) is 5.32 Å². The van der Waals surface area contributed by atoms with Crippen LogP contribution in [-0.2, 0) is 9.53 Å². The van der Waals surface area contributed by atoms with Gasteiger partial charge in [-0.2, -0.15) is 0 Å². The quantitative estimate of drug-likeness (QED) is 0.754. The summed E-state index contributed by atoms with van der Waals surface area (Å²) in [7, 11) is 1.29. The Morgan fingerprint density at radius 1 is 1.33 bits per heavy atom. The second kappa shape index (κ2) is 7.08. The average molecular weight is 293 g/mol. The van der Waals surface area contributed by atoms with Gasteiger partial charge in [-0.3, -0.25) is 4.79 Å². The molecule has 0 aromatic heterocycles. The molecule has 21 heavy (non-hydrogen) atoms. The van der Waals surface area contributed by atoms with Gasteiger partial charge in [0, 0.05) is 12.7 Å². The minimum Gasteiger partial charge on any atom is -0.493 e. The predicted octanol–water partition coefficient (Wildman–Crippen LogP) is 1.30. The number of hydrogen-bond donors (Lipinski definition) is 2. The summed E-state index contributed by atoms with van der Waals surface area (Å²) >= 11 is 0. The van der Waals surface area contributed by atoms with Gasteiger partial charge in [0.05, 0.1) is 13.2 Å². The van der Waals surface area contributed by atoms with E-state index >= 15 is 0 Å². The molecule has 0 aliphatic heterocycles. The molecule has 1 atom stereocenters. The van der Waals surface area contributed by atoms with Gasteiger partial charge in [-0.1, -0.05) is 0 Å². The molecule has 1 amide bonds. The average Bonchev–Trinajstić information content (AvgIpc) is 3.30. The number of amides is 1. The standard InChI is InChI=1S/C15H19NO5/c1-20-13(15(18)19)8-16-14(17)11-4-6-12(7-5-11)21-9-10-2-3-10/h4-7,10,13H,2-3,8-9H2,1H3,(H,16,17)(H,18,19). The van der Waals surface area contributed by atoms with E-state index in [-0.39, 0.29) is 12.5 Å². The first-order valence-electron chi connectivity index (χ1n) is 6.87. The molecule has 1 fully saturated rings. The normalized spacial score (nSPS) is 15.3. The van der Waals surface area contributed by atoms with E-state index in [0.717, 1.165) is 12.4 Å². The van der Waals surface area contributed by atoms with Crippen molar-refractivity contribution < 1.29 is 24.2 Å². The van der Waals surface area contributed by atoms with E-state index in [1.807, 2.05) is 0 Å². The van der Waals surface area contributed by atoms with Crippen molar-refractivity contribution in [3.05, 3.63) is 29.8 Å². The topological polar surface area (TPSA) is 84.9 Å². The Kier molecular flexibility index (Phi) is 5.16. The van der Waals surface area contributed by atoms with E-state index in [1.165, 1.54) is 20.0 Å². The van der Waals surface area contributed by atoms with Gasteiger partial charge in [-0.15, -0.1) is 0 Å². The highest BCUT2D eigenvalue weighted by Gasteiger charge is 2.22. The van der Waals surface area contributed by atoms with Crippen LogP contribution in [0.25, 0.3) is 0 Å². The maximum absolute atomic E-state index is 11.9. The van der Waals surface area contributed by atoms with E-state index in [2.05, 4.69) is 5.32 Å². The lowest BCUT2D eigenvalue weighted by Crippen LogP contribution is -2.37. The number of benzene rings is 1. The molecule has 6 nitrogen and oxygen atoms in total. The molecule has 0 heterocycles. The highest BCUT2D eigenvalue weighted by molar-refractivity contribution is 5.94. The monoisotopic (exact) mass is 293 g/mol. The van der Waals surface area contributed by atoms with E-state index in [4.69, 9.17) is 14.6 Å². The Morgan fingerprint density at radius 3 is 2.52 bits per heavy atom. The minimum absolute atomic E-state index is 0.0788. The summed E-state index contributed by atoms with van der Waals surface area (Å²) in [6.07, 6.45) is 1.41. The van der Waals surface area contributed by atoms with Crippen LogP contribution < -0.4 is 10.1 Å². The molecule has 2 rings (SSSR count). The van der Waals surface area contributed by atoms with Crippen molar-refractivity contribution in [2.75, 3.05) is 20.3 Å². The highest BCUT2D eigenvalue weighted by Crippen LogP contribution is 2.29. The highest BCUT2D eigenvalue weighted by atomic mass is 16.5. The molecule has 114 valence electrons. The molecular weight excluding hydrogens is 274 g/mol. The SMILES string of the molecule is COC(CNC(=O)c1ccc(OCC2CC2)cc1)C(=O)O. The summed E-state index contributed by atoms with van der Waals surface area (Å²) in [6, 6.07) is 6.78. The second-order valence-corrected chi connectivity index (χ2v) is 5.05. The van der Waals surface area contributed by atoms with E-state index in [0.29, 0.717) is 11.5 Å². The third kappa shape index (κ3) is 4.75. The van der Waals surface area contributed by atoms with Crippen molar-refractivity contribution in [3.8, 4) is 5.75 Å². The first-order valence-corrected chi connectivity index (χ1v) is 6.87. The summed E-state index contributed by atoms with van der Waals surface area (Å²) in [5.74, 6) is -0.0395. The number of hydrogen-bond acceptors (Lipinski definition) is 4. The van der Waals surface area contributed by atoms with Crippen molar-refractivity contribution in [3.63, 3.8) is 0 Å². The molecule has 1 aromatic rings. The number of carbonyl (C=O) groups excluding carboxylic acids is 1. The summed E-state index contributed by atoms with van der Waals surface area (Å²) in [5, 5.41) is 11.3. The van der Waals surface area contributed by atoms with E-state index in [9.17, 15) is 9.59 Å². The molecular formula is C15H19NO5. The van der Waals surface area contributed by atoms with E-state index in [1.54, 1.807) is 24.3 Å². The number of rotatable bonds is 8. The molecule has 1 aliphatic carbocycles. The zero-order valence-corrected chi connectivity index (χ0v) is 11.9. The van der Waals surface area contributed by atoms with Crippen LogP contribution in [0.3, 0.4) is 0 Å². The van der Waals surface area contributed by atoms with Gasteiger partial charge in [0.15, 0.2) is 6.10 Å². The Balaban J connectivity index is 1.82. The van der Waals surface area contributed by atoms with Gasteiger partial charge in [-0.05, 0) is 43.0 Å². The Bertz CT molecular complexity index is 495. The van der Waals surface area contributed by atoms with Crippen LogP contribution in [0.15, 0.2) is 24.3 Å². The van der Waals surface area contributed by atoms with Gasteiger partial charge in [-0.25, -0.2) is 4.79 Å². The van der Waals surface area contributed by atoms with Gasteiger partial charge in [0.2, 0.25) is 0 Å². The van der Waals surface area contributed by atoms with E-state index < -0.39 is 12.1 Å². The van der Waals surface area contributed by atoms with Crippen LogP contribution in [0.1, 0.15) is 23.2 Å². The van der Waals surface area contributed by atoms with Crippen LogP contribution in [0.4, 0.5) is 0 Å². The first kappa shape index (κ1) is 15.3. The van der Waals surface area contributed by atoms with Crippen LogP contribution in [-0.4, -0.2) is 43.3 Å². The van der Waals surface area contributed by atoms with Crippen molar-refractivity contribution in [1.29, 1.82) is 0 Å². The van der Waals surface area contributed by atoms with Crippen molar-refractivity contribution in [2.45, 2.75) is 18.9 Å². The van der Waals surface area contributed by atoms with Crippen LogP contribution in [0.5, 0.6) is 5.75 Å². The summed E-state index contributed by atoms with van der Waals surface area (Å²) in [5.41, 5.74) is 0.453. The molecule has 1 aromatic carbocycles. The smallest absolute Gasteiger partial charge is 0.334 e. The Hall–Kier alpha value is -2.08. The lowest BCUT2D eigenvalue weighted by Gasteiger charge is -2.12. The van der Waals surface area contributed by atoms with Gasteiger partial charge < -0.3 is 19.9 Å². The summed E-state index contributed by atoms with van der Waals surface area (Å²) in [4.78, 5) is 22.6. The minimum atomic E-state index is -1.11. The molecule has 1 saturated carbocycles. The van der Waals surface area contributed by atoms with Gasteiger partial charge in [0.25, 0.3) is 5.91 Å². The largest absolute Gasteiger partial charge is 0.493 e. The molecule has 0 saturated heterocycles. The van der Waals surface area contributed by atoms with Crippen LogP contribution in [0.2, 0.25) is 0 Å². The summed E-state index contributed by atoms with van der Waals surface area (Å²) < 4.78 is 10.3.